The van der Waals surface area contributed by atoms with Crippen molar-refractivity contribution in [3.63, 3.8) is 0 Å². The molecule has 0 saturated carbocycles. The molecule has 22 heavy (non-hydrogen) atoms. The van der Waals surface area contributed by atoms with Crippen molar-refractivity contribution in [3.8, 4) is 11.6 Å². The van der Waals surface area contributed by atoms with Crippen LogP contribution in [0.25, 0.3) is 0 Å². The first-order valence-corrected chi connectivity index (χ1v) is 7.28. The summed E-state index contributed by atoms with van der Waals surface area (Å²) in [5, 5.41) is 0.194. The molecule has 0 amide bonds. The van der Waals surface area contributed by atoms with Gasteiger partial charge in [0.15, 0.2) is 17.1 Å². The highest BCUT2D eigenvalue weighted by atomic mass is 32.1. The van der Waals surface area contributed by atoms with Crippen LogP contribution in [0.4, 0.5) is 9.39 Å². The van der Waals surface area contributed by atoms with E-state index in [2.05, 4.69) is 9.11 Å². The molecule has 1 aromatic carbocycles. The van der Waals surface area contributed by atoms with Gasteiger partial charge in [0.05, 0.1) is 13.7 Å². The third-order valence-electron chi connectivity index (χ3n) is 3.32. The predicted octanol–water partition coefficient (Wildman–Crippen LogP) is 2.16. The minimum Gasteiger partial charge on any atom is -0.490 e. The smallest absolute Gasteiger partial charge is 0.346 e. The zero-order valence-corrected chi connectivity index (χ0v) is 12.5. The van der Waals surface area contributed by atoms with Gasteiger partial charge in [-0.3, -0.25) is 0 Å². The van der Waals surface area contributed by atoms with Crippen LogP contribution >= 0.6 is 11.5 Å². The monoisotopic (exact) mass is 324 g/mol. The Morgan fingerprint density at radius 1 is 1.55 bits per heavy atom. The second kappa shape index (κ2) is 5.80. The first kappa shape index (κ1) is 14.6. The van der Waals surface area contributed by atoms with Crippen LogP contribution in [0.3, 0.4) is 0 Å². The van der Waals surface area contributed by atoms with Crippen LogP contribution in [-0.2, 0) is 17.8 Å². The van der Waals surface area contributed by atoms with E-state index in [1.807, 2.05) is 0 Å². The second-order valence-corrected chi connectivity index (χ2v) is 5.44. The van der Waals surface area contributed by atoms with E-state index < -0.39 is 11.8 Å². The van der Waals surface area contributed by atoms with Crippen molar-refractivity contribution in [1.29, 1.82) is 0 Å². The molecule has 0 bridgehead atoms. The summed E-state index contributed by atoms with van der Waals surface area (Å²) in [6.45, 7) is 0.390. The van der Waals surface area contributed by atoms with Crippen molar-refractivity contribution >= 4 is 22.5 Å². The molecular formula is C14H13FN2O4S. The molecule has 8 heteroatoms. The molecule has 2 N–H and O–H groups in total. The molecule has 0 radical (unpaired) electrons. The Labute approximate surface area is 129 Å². The van der Waals surface area contributed by atoms with Crippen LogP contribution in [0, 0.1) is 5.82 Å². The number of hydrogen-bond donors (Lipinski definition) is 1. The number of methoxy groups -OCH3 is 1. The number of carbonyl (C=O) groups is 1. The van der Waals surface area contributed by atoms with Crippen LogP contribution in [0.1, 0.15) is 21.5 Å². The Hall–Kier alpha value is -2.35. The highest BCUT2D eigenvalue weighted by Gasteiger charge is 2.23. The summed E-state index contributed by atoms with van der Waals surface area (Å²) in [5.74, 6) is -0.779. The normalized spacial score (nSPS) is 12.6. The van der Waals surface area contributed by atoms with Crippen molar-refractivity contribution in [2.45, 2.75) is 13.0 Å². The van der Waals surface area contributed by atoms with E-state index in [4.69, 9.17) is 15.2 Å². The van der Waals surface area contributed by atoms with Crippen molar-refractivity contribution < 1.29 is 23.4 Å². The molecule has 116 valence electrons. The molecule has 2 heterocycles. The fourth-order valence-electron chi connectivity index (χ4n) is 2.19. The Balaban J connectivity index is 1.81. The van der Waals surface area contributed by atoms with Gasteiger partial charge >= 0.3 is 5.97 Å². The van der Waals surface area contributed by atoms with Gasteiger partial charge in [-0.1, -0.05) is 12.1 Å². The average molecular weight is 324 g/mol. The minimum absolute atomic E-state index is 0.0372. The molecule has 1 aromatic heterocycles. The van der Waals surface area contributed by atoms with Crippen molar-refractivity contribution in [1.82, 2.24) is 4.37 Å². The lowest BCUT2D eigenvalue weighted by atomic mass is 10.1. The van der Waals surface area contributed by atoms with Crippen LogP contribution in [0.5, 0.6) is 11.6 Å². The number of benzene rings is 1. The van der Waals surface area contributed by atoms with E-state index in [0.717, 1.165) is 17.1 Å². The van der Waals surface area contributed by atoms with Crippen LogP contribution in [0.15, 0.2) is 12.1 Å². The maximum atomic E-state index is 14.3. The Kier molecular flexibility index (Phi) is 3.84. The van der Waals surface area contributed by atoms with Crippen molar-refractivity contribution in [3.05, 3.63) is 34.6 Å². The van der Waals surface area contributed by atoms with Gasteiger partial charge < -0.3 is 19.9 Å². The summed E-state index contributed by atoms with van der Waals surface area (Å²) < 4.78 is 33.5. The fourth-order valence-corrected chi connectivity index (χ4v) is 2.77. The molecule has 0 saturated heterocycles. The fraction of sp³-hybridized carbons (Fsp3) is 0.286. The van der Waals surface area contributed by atoms with E-state index >= 15 is 0 Å². The number of halogens is 1. The van der Waals surface area contributed by atoms with Gasteiger partial charge in [0, 0.05) is 17.5 Å². The number of hydrogen-bond acceptors (Lipinski definition) is 7. The molecule has 2 aromatic rings. The third-order valence-corrected chi connectivity index (χ3v) is 3.98. The first-order chi connectivity index (χ1) is 10.6. The molecule has 0 atom stereocenters. The Morgan fingerprint density at radius 2 is 2.36 bits per heavy atom. The standard InChI is InChI=1S/C14H13FN2O4S/c1-19-14(18)9-12(16)22-17-13(9)21-6-8-3-2-7-4-5-20-11(7)10(8)15/h2-3H,4-6,16H2,1H3. The lowest BCUT2D eigenvalue weighted by Gasteiger charge is -2.09. The van der Waals surface area contributed by atoms with Crippen LogP contribution in [-0.4, -0.2) is 24.1 Å². The summed E-state index contributed by atoms with van der Waals surface area (Å²) >= 11 is 0.918. The maximum absolute atomic E-state index is 14.3. The quantitative estimate of drug-likeness (QED) is 0.868. The van der Waals surface area contributed by atoms with Crippen molar-refractivity contribution in [2.24, 2.45) is 0 Å². The Bertz CT molecular complexity index is 732. The maximum Gasteiger partial charge on any atom is 0.346 e. The molecule has 0 spiro atoms. The predicted molar refractivity (Wildman–Crippen MR) is 77.8 cm³/mol. The zero-order valence-electron chi connectivity index (χ0n) is 11.7. The van der Waals surface area contributed by atoms with Gasteiger partial charge in [-0.15, -0.1) is 0 Å². The summed E-state index contributed by atoms with van der Waals surface area (Å²) in [6.07, 6.45) is 0.697. The minimum atomic E-state index is -0.640. The van der Waals surface area contributed by atoms with Crippen LogP contribution < -0.4 is 15.2 Å². The van der Waals surface area contributed by atoms with Crippen LogP contribution in [0.2, 0.25) is 0 Å². The van der Waals surface area contributed by atoms with E-state index in [9.17, 15) is 9.18 Å². The highest BCUT2D eigenvalue weighted by Crippen LogP contribution is 2.32. The molecule has 6 nitrogen and oxygen atoms in total. The number of aromatic nitrogens is 1. The molecule has 0 aliphatic carbocycles. The first-order valence-electron chi connectivity index (χ1n) is 6.51. The molecule has 0 fully saturated rings. The number of carbonyl (C=O) groups excluding carboxylic acids is 1. The van der Waals surface area contributed by atoms with Gasteiger partial charge in [-0.25, -0.2) is 9.18 Å². The second-order valence-electron chi connectivity index (χ2n) is 4.63. The summed E-state index contributed by atoms with van der Waals surface area (Å²) in [4.78, 5) is 11.6. The molecular weight excluding hydrogens is 311 g/mol. The number of fused-ring (bicyclic) bond motifs is 1. The van der Waals surface area contributed by atoms with Crippen molar-refractivity contribution in [2.75, 3.05) is 19.5 Å². The van der Waals surface area contributed by atoms with E-state index in [0.29, 0.717) is 18.6 Å². The summed E-state index contributed by atoms with van der Waals surface area (Å²) in [5.41, 5.74) is 6.90. The molecule has 1 aliphatic heterocycles. The van der Waals surface area contributed by atoms with E-state index in [1.165, 1.54) is 7.11 Å². The van der Waals surface area contributed by atoms with Gasteiger partial charge in [0.25, 0.3) is 0 Å². The van der Waals surface area contributed by atoms with Gasteiger partial charge in [-0.05, 0) is 11.5 Å². The topological polar surface area (TPSA) is 83.7 Å². The van der Waals surface area contributed by atoms with Gasteiger partial charge in [0.2, 0.25) is 5.88 Å². The number of rotatable bonds is 4. The van der Waals surface area contributed by atoms with E-state index in [1.54, 1.807) is 12.1 Å². The largest absolute Gasteiger partial charge is 0.490 e. The SMILES string of the molecule is COC(=O)c1c(OCc2ccc3c(c2F)OCC3)nsc1N. The third kappa shape index (κ3) is 2.45. The van der Waals surface area contributed by atoms with Gasteiger partial charge in [-0.2, -0.15) is 4.37 Å². The Morgan fingerprint density at radius 3 is 3.14 bits per heavy atom. The van der Waals surface area contributed by atoms with Gasteiger partial charge in [0.1, 0.15) is 11.6 Å². The number of nitrogens with two attached hydrogens (primary N) is 1. The van der Waals surface area contributed by atoms with E-state index in [-0.39, 0.29) is 28.8 Å². The average Bonchev–Trinajstić information content (AvgIpc) is 3.13. The molecule has 3 rings (SSSR count). The molecule has 1 aliphatic rings. The zero-order chi connectivity index (χ0) is 15.7. The number of anilines is 1. The number of esters is 1. The number of nitrogen functional groups attached to an aromatic ring is 1. The summed E-state index contributed by atoms with van der Waals surface area (Å²) in [6, 6.07) is 3.44. The summed E-state index contributed by atoms with van der Waals surface area (Å²) in [7, 11) is 1.24. The molecule has 0 unspecified atom stereocenters. The number of nitrogens with zero attached hydrogens (tertiary/aromatic N) is 1. The highest BCUT2D eigenvalue weighted by molar-refractivity contribution is 7.10. The lowest BCUT2D eigenvalue weighted by molar-refractivity contribution is 0.0596. The lowest BCUT2D eigenvalue weighted by Crippen LogP contribution is -2.07. The number of ether oxygens (including phenoxy) is 3.